The highest BCUT2D eigenvalue weighted by Crippen LogP contribution is 2.40. The zero-order chi connectivity index (χ0) is 21.8. The number of aromatic nitrogens is 1. The first-order chi connectivity index (χ1) is 14.4. The van der Waals surface area contributed by atoms with Gasteiger partial charge in [-0.15, -0.1) is 0 Å². The molecule has 8 heteroatoms. The molecule has 1 heterocycles. The Hall–Kier alpha value is -3.47. The van der Waals surface area contributed by atoms with Gasteiger partial charge in [0.15, 0.2) is 5.82 Å². The second-order valence-corrected chi connectivity index (χ2v) is 7.08. The van der Waals surface area contributed by atoms with Crippen molar-refractivity contribution in [3.8, 4) is 6.07 Å². The summed E-state index contributed by atoms with van der Waals surface area (Å²) in [6.07, 6.45) is 1.53. The van der Waals surface area contributed by atoms with E-state index in [0.29, 0.717) is 22.8 Å². The topological polar surface area (TPSA) is 93.4 Å². The van der Waals surface area contributed by atoms with Crippen LogP contribution in [0.5, 0.6) is 0 Å². The number of hydrogen-bond acceptors (Lipinski definition) is 6. The molecule has 30 heavy (non-hydrogen) atoms. The monoisotopic (exact) mass is 408 g/mol. The predicted octanol–water partition coefficient (Wildman–Crippen LogP) is 4.34. The van der Waals surface area contributed by atoms with Crippen molar-refractivity contribution < 1.29 is 9.18 Å². The summed E-state index contributed by atoms with van der Waals surface area (Å²) in [5, 5.41) is 15.1. The van der Waals surface area contributed by atoms with Crippen LogP contribution in [0.3, 0.4) is 0 Å². The highest BCUT2D eigenvalue weighted by Gasteiger charge is 2.44. The van der Waals surface area contributed by atoms with Gasteiger partial charge in [0, 0.05) is 32.1 Å². The van der Waals surface area contributed by atoms with E-state index in [-0.39, 0.29) is 12.2 Å². The van der Waals surface area contributed by atoms with Gasteiger partial charge >= 0.3 is 0 Å². The standard InChI is InChI=1S/C22H25FN6O/c1-5-14-8-7-13(12-24)9-18(14)29(4)19-11-17(25-3)20(26-6-2)21(27-19)28-22(30)15-10-16(15)23/h6-9,11,15-16H,5,10H2,1-4H3,(H2,25,27,28,30)/t15-,16+/m0/s1. The molecule has 0 spiro atoms. The summed E-state index contributed by atoms with van der Waals surface area (Å²) in [6, 6.07) is 9.52. The van der Waals surface area contributed by atoms with Gasteiger partial charge in [-0.1, -0.05) is 13.0 Å². The molecule has 1 saturated carbocycles. The zero-order valence-electron chi connectivity index (χ0n) is 17.5. The number of aliphatic imine (C=N–C) groups is 1. The molecule has 2 N–H and O–H groups in total. The van der Waals surface area contributed by atoms with Crippen LogP contribution in [0.4, 0.5) is 33.1 Å². The Kier molecular flexibility index (Phi) is 6.31. The summed E-state index contributed by atoms with van der Waals surface area (Å²) >= 11 is 0. The number of carbonyl (C=O) groups excluding carboxylic acids is 1. The number of nitrogens with one attached hydrogen (secondary N) is 2. The maximum absolute atomic E-state index is 13.3. The summed E-state index contributed by atoms with van der Waals surface area (Å²) in [5.74, 6) is -0.212. The van der Waals surface area contributed by atoms with Gasteiger partial charge in [0.2, 0.25) is 5.91 Å². The number of benzene rings is 1. The molecule has 1 aliphatic rings. The summed E-state index contributed by atoms with van der Waals surface area (Å²) < 4.78 is 13.3. The van der Waals surface area contributed by atoms with E-state index in [1.807, 2.05) is 37.1 Å². The maximum atomic E-state index is 13.3. The molecule has 1 aliphatic carbocycles. The van der Waals surface area contributed by atoms with Gasteiger partial charge in [-0.2, -0.15) is 5.26 Å². The van der Waals surface area contributed by atoms with Gasteiger partial charge in [-0.3, -0.25) is 9.79 Å². The van der Waals surface area contributed by atoms with Crippen molar-refractivity contribution in [2.24, 2.45) is 10.9 Å². The molecular weight excluding hydrogens is 383 g/mol. The van der Waals surface area contributed by atoms with Gasteiger partial charge in [-0.25, -0.2) is 9.37 Å². The number of anilines is 4. The largest absolute Gasteiger partial charge is 0.386 e. The molecule has 2 atom stereocenters. The Morgan fingerprint density at radius 3 is 2.77 bits per heavy atom. The van der Waals surface area contributed by atoms with E-state index in [4.69, 9.17) is 0 Å². The smallest absolute Gasteiger partial charge is 0.231 e. The Morgan fingerprint density at radius 2 is 2.20 bits per heavy atom. The minimum atomic E-state index is -1.10. The highest BCUT2D eigenvalue weighted by molar-refractivity contribution is 5.99. The normalized spacial score (nSPS) is 17.5. The molecule has 2 aromatic rings. The van der Waals surface area contributed by atoms with E-state index < -0.39 is 18.0 Å². The molecule has 0 saturated heterocycles. The van der Waals surface area contributed by atoms with Crippen molar-refractivity contribution in [2.45, 2.75) is 32.9 Å². The summed E-state index contributed by atoms with van der Waals surface area (Å²) in [4.78, 5) is 23.2. The number of rotatable bonds is 7. The number of nitrogens with zero attached hydrogens (tertiary/aromatic N) is 4. The minimum absolute atomic E-state index is 0.234. The Bertz CT molecular complexity index is 1030. The Morgan fingerprint density at radius 1 is 1.47 bits per heavy atom. The van der Waals surface area contributed by atoms with Gasteiger partial charge in [0.05, 0.1) is 23.2 Å². The Labute approximate surface area is 175 Å². The molecule has 1 aromatic carbocycles. The second kappa shape index (κ2) is 8.91. The van der Waals surface area contributed by atoms with Crippen LogP contribution >= 0.6 is 0 Å². The van der Waals surface area contributed by atoms with Gasteiger partial charge in [0.25, 0.3) is 0 Å². The Balaban J connectivity index is 2.07. The minimum Gasteiger partial charge on any atom is -0.386 e. The molecule has 1 fully saturated rings. The maximum Gasteiger partial charge on any atom is 0.231 e. The molecule has 1 aromatic heterocycles. The number of aryl methyl sites for hydroxylation is 1. The third kappa shape index (κ3) is 4.25. The molecule has 0 bridgehead atoms. The first-order valence-electron chi connectivity index (χ1n) is 9.86. The molecule has 0 radical (unpaired) electrons. The first kappa shape index (κ1) is 21.2. The third-order valence-electron chi connectivity index (χ3n) is 5.10. The third-order valence-corrected chi connectivity index (χ3v) is 5.10. The van der Waals surface area contributed by atoms with Crippen LogP contribution in [0, 0.1) is 17.2 Å². The van der Waals surface area contributed by atoms with Gasteiger partial charge < -0.3 is 15.5 Å². The highest BCUT2D eigenvalue weighted by atomic mass is 19.1. The number of alkyl halides is 1. The summed E-state index contributed by atoms with van der Waals surface area (Å²) in [6.45, 7) is 3.81. The van der Waals surface area contributed by atoms with Crippen molar-refractivity contribution in [3.63, 3.8) is 0 Å². The van der Waals surface area contributed by atoms with E-state index in [9.17, 15) is 14.4 Å². The number of hydrogen-bond donors (Lipinski definition) is 2. The second-order valence-electron chi connectivity index (χ2n) is 7.08. The van der Waals surface area contributed by atoms with E-state index in [1.165, 1.54) is 0 Å². The molecule has 1 amide bonds. The van der Waals surface area contributed by atoms with Crippen LogP contribution in [0.25, 0.3) is 0 Å². The number of halogens is 1. The zero-order valence-corrected chi connectivity index (χ0v) is 17.5. The van der Waals surface area contributed by atoms with Gasteiger partial charge in [0.1, 0.15) is 17.7 Å². The van der Waals surface area contributed by atoms with Crippen LogP contribution in [0.15, 0.2) is 29.3 Å². The fraction of sp³-hybridized carbons (Fsp3) is 0.364. The van der Waals surface area contributed by atoms with Crippen molar-refractivity contribution >= 4 is 40.8 Å². The van der Waals surface area contributed by atoms with E-state index in [1.54, 1.807) is 26.3 Å². The van der Waals surface area contributed by atoms with Crippen LogP contribution in [-0.4, -0.2) is 37.4 Å². The number of amides is 1. The van der Waals surface area contributed by atoms with Crippen molar-refractivity contribution in [1.82, 2.24) is 4.98 Å². The van der Waals surface area contributed by atoms with Gasteiger partial charge in [-0.05, 0) is 37.5 Å². The molecule has 3 rings (SSSR count). The van der Waals surface area contributed by atoms with Crippen molar-refractivity contribution in [2.75, 3.05) is 29.6 Å². The lowest BCUT2D eigenvalue weighted by Crippen LogP contribution is -2.19. The lowest BCUT2D eigenvalue weighted by atomic mass is 10.1. The average Bonchev–Trinajstić information content (AvgIpc) is 3.50. The quantitative estimate of drug-likeness (QED) is 0.665. The van der Waals surface area contributed by atoms with E-state index in [0.717, 1.165) is 17.7 Å². The van der Waals surface area contributed by atoms with Crippen LogP contribution in [-0.2, 0) is 11.2 Å². The lowest BCUT2D eigenvalue weighted by molar-refractivity contribution is -0.117. The fourth-order valence-electron chi connectivity index (χ4n) is 3.25. The van der Waals surface area contributed by atoms with Crippen molar-refractivity contribution in [1.29, 1.82) is 5.26 Å². The predicted molar refractivity (Wildman–Crippen MR) is 118 cm³/mol. The summed E-state index contributed by atoms with van der Waals surface area (Å²) in [7, 11) is 3.61. The van der Waals surface area contributed by atoms with Crippen LogP contribution < -0.4 is 15.5 Å². The van der Waals surface area contributed by atoms with Crippen molar-refractivity contribution in [3.05, 3.63) is 35.4 Å². The average molecular weight is 408 g/mol. The number of nitriles is 1. The fourth-order valence-corrected chi connectivity index (χ4v) is 3.25. The van der Waals surface area contributed by atoms with E-state index >= 15 is 0 Å². The summed E-state index contributed by atoms with van der Waals surface area (Å²) in [5.41, 5.74) is 3.60. The number of pyridine rings is 1. The molecule has 0 aliphatic heterocycles. The van der Waals surface area contributed by atoms with E-state index in [2.05, 4.69) is 26.7 Å². The van der Waals surface area contributed by atoms with Crippen LogP contribution in [0.1, 0.15) is 31.4 Å². The molecule has 0 unspecified atom stereocenters. The molecular formula is C22H25FN6O. The molecule has 156 valence electrons. The molecule has 7 nitrogen and oxygen atoms in total. The first-order valence-corrected chi connectivity index (χ1v) is 9.86. The SMILES string of the molecule is CC=Nc1c(NC)cc(N(C)c2cc(C#N)ccc2CC)nc1NC(=O)[C@H]1C[C@H]1F. The lowest BCUT2D eigenvalue weighted by Gasteiger charge is -2.24. The number of carbonyl (C=O) groups is 1. The van der Waals surface area contributed by atoms with Crippen LogP contribution in [0.2, 0.25) is 0 Å².